The van der Waals surface area contributed by atoms with E-state index in [2.05, 4.69) is 15.6 Å². The number of ether oxygens (including phenoxy) is 1. The summed E-state index contributed by atoms with van der Waals surface area (Å²) >= 11 is 5.84. The summed E-state index contributed by atoms with van der Waals surface area (Å²) in [7, 11) is 0. The summed E-state index contributed by atoms with van der Waals surface area (Å²) in [6, 6.07) is 2.56. The summed E-state index contributed by atoms with van der Waals surface area (Å²) < 4.78 is 59.6. The summed E-state index contributed by atoms with van der Waals surface area (Å²) in [6.45, 7) is 2.01. The van der Waals surface area contributed by atoms with Crippen LogP contribution in [0, 0.1) is 5.82 Å². The number of amides is 3. The molecule has 1 saturated heterocycles. The lowest BCUT2D eigenvalue weighted by Gasteiger charge is -2.34. The van der Waals surface area contributed by atoms with Gasteiger partial charge < -0.3 is 20.3 Å². The number of nitrogens with one attached hydrogen (secondary N) is 2. The molecule has 2 fully saturated rings. The van der Waals surface area contributed by atoms with E-state index < -0.39 is 40.8 Å². The van der Waals surface area contributed by atoms with Gasteiger partial charge in [-0.1, -0.05) is 17.7 Å². The molecule has 2 heterocycles. The van der Waals surface area contributed by atoms with Crippen LogP contribution in [-0.2, 0) is 11.0 Å². The van der Waals surface area contributed by atoms with Gasteiger partial charge in [0.25, 0.3) is 0 Å². The van der Waals surface area contributed by atoms with Crippen molar-refractivity contribution in [3.63, 3.8) is 0 Å². The molecule has 182 valence electrons. The Balaban J connectivity index is 1.67. The van der Waals surface area contributed by atoms with E-state index in [4.69, 9.17) is 16.3 Å². The van der Waals surface area contributed by atoms with E-state index in [0.717, 1.165) is 31.2 Å². The number of hydrogen-bond acceptors (Lipinski definition) is 4. The number of benzene rings is 1. The maximum Gasteiger partial charge on any atom is 0.434 e. The molecule has 4 rings (SSSR count). The maximum absolute atomic E-state index is 14.7. The van der Waals surface area contributed by atoms with Crippen LogP contribution in [0.3, 0.4) is 0 Å². The Labute approximate surface area is 197 Å². The zero-order chi connectivity index (χ0) is 24.6. The predicted molar refractivity (Wildman–Crippen MR) is 114 cm³/mol. The topological polar surface area (TPSA) is 83.6 Å². The Morgan fingerprint density at radius 1 is 1.29 bits per heavy atom. The minimum absolute atomic E-state index is 0.0412. The highest BCUT2D eigenvalue weighted by Gasteiger charge is 2.36. The fraction of sp³-hybridized carbons (Fsp3) is 0.409. The van der Waals surface area contributed by atoms with Crippen LogP contribution in [0.4, 0.5) is 22.4 Å². The molecule has 0 unspecified atom stereocenters. The van der Waals surface area contributed by atoms with Crippen molar-refractivity contribution in [2.24, 2.45) is 0 Å². The van der Waals surface area contributed by atoms with Crippen LogP contribution in [-0.4, -0.2) is 47.1 Å². The predicted octanol–water partition coefficient (Wildman–Crippen LogP) is 4.05. The van der Waals surface area contributed by atoms with Crippen molar-refractivity contribution in [3.05, 3.63) is 58.1 Å². The van der Waals surface area contributed by atoms with Gasteiger partial charge in [0.05, 0.1) is 17.2 Å². The number of alkyl halides is 3. The fourth-order valence-corrected chi connectivity index (χ4v) is 3.88. The number of nitrogens with zero attached hydrogens (tertiary/aromatic N) is 2. The Morgan fingerprint density at radius 2 is 2.03 bits per heavy atom. The lowest BCUT2D eigenvalue weighted by molar-refractivity contribution is -0.141. The van der Waals surface area contributed by atoms with Gasteiger partial charge in [0.1, 0.15) is 6.04 Å². The lowest BCUT2D eigenvalue weighted by atomic mass is 9.99. The van der Waals surface area contributed by atoms with Crippen molar-refractivity contribution in [1.29, 1.82) is 0 Å². The smallest absolute Gasteiger partial charge is 0.434 e. The number of hydrogen-bond donors (Lipinski definition) is 2. The molecule has 0 radical (unpaired) electrons. The third-order valence-corrected chi connectivity index (χ3v) is 5.89. The second kappa shape index (κ2) is 9.28. The van der Waals surface area contributed by atoms with Crippen molar-refractivity contribution in [2.45, 2.75) is 44.1 Å². The Bertz CT molecular complexity index is 1110. The largest absolute Gasteiger partial charge is 0.487 e. The molecule has 1 saturated carbocycles. The number of aromatic nitrogens is 1. The molecular formula is C22H21ClF4N4O3. The van der Waals surface area contributed by atoms with Crippen LogP contribution >= 0.6 is 11.6 Å². The van der Waals surface area contributed by atoms with Crippen LogP contribution in [0.25, 0.3) is 0 Å². The summed E-state index contributed by atoms with van der Waals surface area (Å²) in [6.07, 6.45) is -2.22. The molecule has 1 aromatic carbocycles. The molecule has 2 N–H and O–H groups in total. The van der Waals surface area contributed by atoms with Crippen molar-refractivity contribution in [3.8, 4) is 5.75 Å². The number of urea groups is 1. The van der Waals surface area contributed by atoms with Crippen LogP contribution in [0.5, 0.6) is 5.75 Å². The van der Waals surface area contributed by atoms with Gasteiger partial charge in [-0.15, -0.1) is 0 Å². The van der Waals surface area contributed by atoms with Crippen LogP contribution in [0.2, 0.25) is 5.02 Å². The highest BCUT2D eigenvalue weighted by atomic mass is 35.5. The minimum atomic E-state index is -4.77. The van der Waals surface area contributed by atoms with Crippen molar-refractivity contribution in [1.82, 2.24) is 20.5 Å². The molecular weight excluding hydrogens is 480 g/mol. The van der Waals surface area contributed by atoms with Crippen LogP contribution < -0.4 is 15.4 Å². The Hall–Kier alpha value is -3.08. The normalized spacial score (nSPS) is 19.4. The fourth-order valence-electron chi connectivity index (χ4n) is 3.60. The number of halogens is 5. The Morgan fingerprint density at radius 3 is 2.65 bits per heavy atom. The van der Waals surface area contributed by atoms with E-state index in [0.29, 0.717) is 0 Å². The van der Waals surface area contributed by atoms with Gasteiger partial charge in [-0.05, 0) is 49.1 Å². The van der Waals surface area contributed by atoms with Crippen molar-refractivity contribution in [2.75, 3.05) is 13.1 Å². The zero-order valence-corrected chi connectivity index (χ0v) is 18.7. The van der Waals surface area contributed by atoms with E-state index in [1.807, 2.05) is 0 Å². The lowest BCUT2D eigenvalue weighted by Crippen LogP contribution is -2.58. The first-order chi connectivity index (χ1) is 16.0. The summed E-state index contributed by atoms with van der Waals surface area (Å²) in [5.41, 5.74) is -0.930. The molecule has 1 aromatic heterocycles. The molecule has 2 aromatic rings. The first-order valence-corrected chi connectivity index (χ1v) is 11.0. The van der Waals surface area contributed by atoms with Crippen molar-refractivity contribution < 1.29 is 31.9 Å². The second-order valence-electron chi connectivity index (χ2n) is 8.15. The molecule has 7 nitrogen and oxygen atoms in total. The highest BCUT2D eigenvalue weighted by Crippen LogP contribution is 2.36. The average molecular weight is 501 g/mol. The van der Waals surface area contributed by atoms with Gasteiger partial charge in [-0.25, -0.2) is 14.2 Å². The molecule has 34 heavy (non-hydrogen) atoms. The first kappa shape index (κ1) is 24.1. The standard InChI is InChI=1S/C22H21ClF4N4O3/c1-11-20(32)28-6-7-31(11)21(33)30-18(13-8-15(23)19(29-10-13)22(25,26)27)12-2-5-17(16(24)9-12)34-14-3-4-14/h2,5,8-11,14,18H,3-4,6-7H2,1H3,(H,28,32)(H,30,33)/t11-,18-/m1/s1. The Kier molecular flexibility index (Phi) is 6.57. The van der Waals surface area contributed by atoms with Gasteiger partial charge in [-0.3, -0.25) is 4.79 Å². The van der Waals surface area contributed by atoms with E-state index >= 15 is 0 Å². The molecule has 0 spiro atoms. The number of carbonyl (C=O) groups excluding carboxylic acids is 2. The SMILES string of the molecule is C[C@@H]1C(=O)NCCN1C(=O)N[C@H](c1ccc(OC2CC2)c(F)c1)c1cnc(C(F)(F)F)c(Cl)c1. The summed E-state index contributed by atoms with van der Waals surface area (Å²) in [4.78, 5) is 29.7. The molecule has 1 aliphatic carbocycles. The van der Waals surface area contributed by atoms with Crippen LogP contribution in [0.1, 0.15) is 42.6 Å². The average Bonchev–Trinajstić information content (AvgIpc) is 3.58. The molecule has 3 amide bonds. The van der Waals surface area contributed by atoms with Crippen LogP contribution in [0.15, 0.2) is 30.5 Å². The van der Waals surface area contributed by atoms with E-state index in [-0.39, 0.29) is 42.0 Å². The molecule has 2 atom stereocenters. The number of carbonyl (C=O) groups is 2. The van der Waals surface area contributed by atoms with Gasteiger partial charge in [0.2, 0.25) is 5.91 Å². The van der Waals surface area contributed by atoms with E-state index in [1.165, 1.54) is 17.0 Å². The summed E-state index contributed by atoms with van der Waals surface area (Å²) in [5, 5.41) is 4.65. The first-order valence-electron chi connectivity index (χ1n) is 10.6. The summed E-state index contributed by atoms with van der Waals surface area (Å²) in [5.74, 6) is -0.980. The van der Waals surface area contributed by atoms with Gasteiger partial charge in [-0.2, -0.15) is 13.2 Å². The number of pyridine rings is 1. The molecule has 0 bridgehead atoms. The van der Waals surface area contributed by atoms with Gasteiger partial charge >= 0.3 is 12.2 Å². The zero-order valence-electron chi connectivity index (χ0n) is 18.0. The van der Waals surface area contributed by atoms with E-state index in [9.17, 15) is 27.2 Å². The highest BCUT2D eigenvalue weighted by molar-refractivity contribution is 6.31. The second-order valence-corrected chi connectivity index (χ2v) is 8.55. The maximum atomic E-state index is 14.7. The van der Waals surface area contributed by atoms with E-state index in [1.54, 1.807) is 6.92 Å². The minimum Gasteiger partial charge on any atom is -0.487 e. The van der Waals surface area contributed by atoms with Crippen molar-refractivity contribution >= 4 is 23.5 Å². The number of rotatable bonds is 5. The molecule has 1 aliphatic heterocycles. The van der Waals surface area contributed by atoms with Gasteiger partial charge in [0, 0.05) is 19.3 Å². The van der Waals surface area contributed by atoms with Gasteiger partial charge in [0.15, 0.2) is 17.3 Å². The quantitative estimate of drug-likeness (QED) is 0.607. The third kappa shape index (κ3) is 5.19. The molecule has 12 heteroatoms. The number of piperazine rings is 1. The molecule has 2 aliphatic rings. The third-order valence-electron chi connectivity index (χ3n) is 5.60. The monoisotopic (exact) mass is 500 g/mol.